The van der Waals surface area contributed by atoms with E-state index in [4.69, 9.17) is 16.9 Å². The van der Waals surface area contributed by atoms with E-state index in [1.54, 1.807) is 7.05 Å². The molecule has 8 heteroatoms. The largest absolute Gasteiger partial charge is 0.317 e. The smallest absolute Gasteiger partial charge is 0.244 e. The first kappa shape index (κ1) is 18.2. The predicted molar refractivity (Wildman–Crippen MR) is 84.3 cm³/mol. The van der Waals surface area contributed by atoms with Gasteiger partial charge in [0.25, 0.3) is 0 Å². The summed E-state index contributed by atoms with van der Waals surface area (Å²) in [6, 6.07) is 6.16. The molecule has 1 fully saturated rings. The zero-order valence-electron chi connectivity index (χ0n) is 11.5. The van der Waals surface area contributed by atoms with Crippen molar-refractivity contribution in [3.8, 4) is 6.07 Å². The Labute approximate surface area is 136 Å². The lowest BCUT2D eigenvalue weighted by atomic mass is 10.1. The van der Waals surface area contributed by atoms with Crippen LogP contribution in [0.3, 0.4) is 0 Å². The number of nitriles is 1. The van der Waals surface area contributed by atoms with Gasteiger partial charge in [-0.25, -0.2) is 8.42 Å². The molecule has 0 spiro atoms. The van der Waals surface area contributed by atoms with Gasteiger partial charge in [0.2, 0.25) is 10.0 Å². The van der Waals surface area contributed by atoms with Crippen molar-refractivity contribution in [2.75, 3.05) is 20.1 Å². The predicted octanol–water partition coefficient (Wildman–Crippen LogP) is 2.01. The molecule has 1 aliphatic rings. The Morgan fingerprint density at radius 1 is 1.38 bits per heavy atom. The highest BCUT2D eigenvalue weighted by Gasteiger charge is 2.30. The van der Waals surface area contributed by atoms with Crippen LogP contribution in [0, 0.1) is 11.3 Å². The molecule has 0 aliphatic carbocycles. The second kappa shape index (κ2) is 7.43. The summed E-state index contributed by atoms with van der Waals surface area (Å²) < 4.78 is 26.6. The van der Waals surface area contributed by atoms with Gasteiger partial charge in [-0.3, -0.25) is 0 Å². The normalized spacial score (nSPS) is 16.3. The summed E-state index contributed by atoms with van der Waals surface area (Å²) in [5.74, 6) is 0. The molecular weight excluding hydrogens is 333 g/mol. The Morgan fingerprint density at radius 3 is 2.52 bits per heavy atom. The number of piperidine rings is 1. The molecule has 0 bridgehead atoms. The van der Waals surface area contributed by atoms with Crippen LogP contribution < -0.4 is 5.32 Å². The van der Waals surface area contributed by atoms with Gasteiger partial charge in [-0.15, -0.1) is 12.4 Å². The van der Waals surface area contributed by atoms with E-state index in [0.717, 1.165) is 25.9 Å². The van der Waals surface area contributed by atoms with Crippen LogP contribution in [-0.2, 0) is 10.0 Å². The van der Waals surface area contributed by atoms with Crippen LogP contribution in [0.5, 0.6) is 0 Å². The van der Waals surface area contributed by atoms with Gasteiger partial charge in [-0.1, -0.05) is 11.6 Å². The molecule has 1 heterocycles. The second-order valence-electron chi connectivity index (χ2n) is 4.76. The van der Waals surface area contributed by atoms with E-state index in [0.29, 0.717) is 5.56 Å². The van der Waals surface area contributed by atoms with Crippen LogP contribution in [-0.4, -0.2) is 38.9 Å². The first-order valence-electron chi connectivity index (χ1n) is 6.35. The molecule has 1 aromatic carbocycles. The number of halogens is 2. The minimum absolute atomic E-state index is 0. The van der Waals surface area contributed by atoms with E-state index in [1.165, 1.54) is 22.5 Å². The van der Waals surface area contributed by atoms with E-state index in [1.807, 2.05) is 6.07 Å². The van der Waals surface area contributed by atoms with Gasteiger partial charge >= 0.3 is 0 Å². The van der Waals surface area contributed by atoms with Crippen molar-refractivity contribution in [3.63, 3.8) is 0 Å². The van der Waals surface area contributed by atoms with Crippen LogP contribution in [0.1, 0.15) is 18.4 Å². The number of nitrogens with zero attached hydrogens (tertiary/aromatic N) is 2. The maximum Gasteiger partial charge on any atom is 0.244 e. The quantitative estimate of drug-likeness (QED) is 0.905. The molecule has 2 rings (SSSR count). The maximum atomic E-state index is 12.6. The maximum absolute atomic E-state index is 12.6. The van der Waals surface area contributed by atoms with E-state index in [9.17, 15) is 8.42 Å². The van der Waals surface area contributed by atoms with E-state index < -0.39 is 10.0 Å². The SMILES string of the molecule is CN(C1CCNCC1)S(=O)(=O)c1ccc(C#N)cc1Cl.Cl. The van der Waals surface area contributed by atoms with Crippen LogP contribution in [0.4, 0.5) is 0 Å². The molecule has 21 heavy (non-hydrogen) atoms. The number of nitrogens with one attached hydrogen (secondary N) is 1. The lowest BCUT2D eigenvalue weighted by molar-refractivity contribution is 0.296. The highest BCUT2D eigenvalue weighted by molar-refractivity contribution is 7.89. The molecule has 0 saturated carbocycles. The molecule has 1 N–H and O–H groups in total. The lowest BCUT2D eigenvalue weighted by Crippen LogP contribution is -2.43. The van der Waals surface area contributed by atoms with Gasteiger partial charge in [0.1, 0.15) is 4.90 Å². The van der Waals surface area contributed by atoms with Crippen molar-refractivity contribution < 1.29 is 8.42 Å². The second-order valence-corrected chi connectivity index (χ2v) is 7.13. The van der Waals surface area contributed by atoms with Gasteiger partial charge in [0, 0.05) is 13.1 Å². The monoisotopic (exact) mass is 349 g/mol. The summed E-state index contributed by atoms with van der Waals surface area (Å²) in [7, 11) is -2.05. The highest BCUT2D eigenvalue weighted by Crippen LogP contribution is 2.27. The standard InChI is InChI=1S/C13H16ClN3O2S.ClH/c1-17(11-4-6-16-7-5-11)20(18,19)13-3-2-10(9-15)8-12(13)14;/h2-3,8,11,16H,4-7H2,1H3;1H. The minimum atomic E-state index is -3.63. The Hall–Kier alpha value is -0.840. The third-order valence-electron chi connectivity index (χ3n) is 3.54. The third-order valence-corrected chi connectivity index (χ3v) is 5.93. The number of hydrogen-bond acceptors (Lipinski definition) is 4. The van der Waals surface area contributed by atoms with E-state index in [-0.39, 0.29) is 28.4 Å². The Bertz CT molecular complexity index is 637. The molecule has 0 atom stereocenters. The van der Waals surface area contributed by atoms with Crippen molar-refractivity contribution in [3.05, 3.63) is 28.8 Å². The molecule has 1 saturated heterocycles. The number of rotatable bonds is 3. The van der Waals surface area contributed by atoms with Crippen LogP contribution in [0.25, 0.3) is 0 Å². The average Bonchev–Trinajstić information content (AvgIpc) is 2.46. The summed E-state index contributed by atoms with van der Waals surface area (Å²) in [5, 5.41) is 12.1. The van der Waals surface area contributed by atoms with Crippen molar-refractivity contribution in [1.29, 1.82) is 5.26 Å². The van der Waals surface area contributed by atoms with Crippen LogP contribution in [0.2, 0.25) is 5.02 Å². The molecule has 0 unspecified atom stereocenters. The van der Waals surface area contributed by atoms with Gasteiger partial charge in [-0.05, 0) is 44.1 Å². The van der Waals surface area contributed by atoms with Crippen LogP contribution in [0.15, 0.2) is 23.1 Å². The Morgan fingerprint density at radius 2 is 2.00 bits per heavy atom. The summed E-state index contributed by atoms with van der Waals surface area (Å²) >= 11 is 6.01. The molecule has 0 aromatic heterocycles. The number of benzene rings is 1. The zero-order chi connectivity index (χ0) is 14.8. The molecule has 0 amide bonds. The summed E-state index contributed by atoms with van der Waals surface area (Å²) in [5.41, 5.74) is 0.346. The molecule has 5 nitrogen and oxygen atoms in total. The fourth-order valence-corrected chi connectivity index (χ4v) is 4.23. The average molecular weight is 350 g/mol. The zero-order valence-corrected chi connectivity index (χ0v) is 13.9. The molecule has 1 aliphatic heterocycles. The topological polar surface area (TPSA) is 73.2 Å². The van der Waals surface area contributed by atoms with Gasteiger partial charge in [0.05, 0.1) is 16.7 Å². The molecular formula is C13H17Cl2N3O2S. The van der Waals surface area contributed by atoms with Crippen molar-refractivity contribution >= 4 is 34.0 Å². The molecule has 0 radical (unpaired) electrons. The van der Waals surface area contributed by atoms with Crippen molar-refractivity contribution in [2.24, 2.45) is 0 Å². The van der Waals surface area contributed by atoms with E-state index in [2.05, 4.69) is 5.32 Å². The number of sulfonamides is 1. The summed E-state index contributed by atoms with van der Waals surface area (Å²) in [6.45, 7) is 1.62. The van der Waals surface area contributed by atoms with Crippen molar-refractivity contribution in [2.45, 2.75) is 23.8 Å². The number of hydrogen-bond donors (Lipinski definition) is 1. The fourth-order valence-electron chi connectivity index (χ4n) is 2.30. The molecule has 116 valence electrons. The summed E-state index contributed by atoms with van der Waals surface area (Å²) in [4.78, 5) is 0.0548. The Balaban J connectivity index is 0.00000220. The first-order chi connectivity index (χ1) is 9.46. The van der Waals surface area contributed by atoms with Crippen LogP contribution >= 0.6 is 24.0 Å². The Kier molecular flexibility index (Phi) is 6.44. The lowest BCUT2D eigenvalue weighted by Gasteiger charge is -2.31. The van der Waals surface area contributed by atoms with Gasteiger partial charge < -0.3 is 5.32 Å². The highest BCUT2D eigenvalue weighted by atomic mass is 35.5. The summed E-state index contributed by atoms with van der Waals surface area (Å²) in [6.07, 6.45) is 1.56. The molecule has 1 aromatic rings. The minimum Gasteiger partial charge on any atom is -0.317 e. The third kappa shape index (κ3) is 3.87. The van der Waals surface area contributed by atoms with Crippen molar-refractivity contribution in [1.82, 2.24) is 9.62 Å². The van der Waals surface area contributed by atoms with E-state index >= 15 is 0 Å². The first-order valence-corrected chi connectivity index (χ1v) is 8.17. The van der Waals surface area contributed by atoms with Gasteiger partial charge in [-0.2, -0.15) is 9.57 Å². The van der Waals surface area contributed by atoms with Gasteiger partial charge in [0.15, 0.2) is 0 Å². The fraction of sp³-hybridized carbons (Fsp3) is 0.462.